The van der Waals surface area contributed by atoms with Gasteiger partial charge in [0.2, 0.25) is 0 Å². The number of alkyl halides is 2. The van der Waals surface area contributed by atoms with Gasteiger partial charge in [-0.25, -0.2) is 14.3 Å². The Morgan fingerprint density at radius 3 is 2.36 bits per heavy atom. The highest BCUT2D eigenvalue weighted by Crippen LogP contribution is 2.31. The molecular weight excluding hydrogens is 432 g/mol. The summed E-state index contributed by atoms with van der Waals surface area (Å²) in [5.41, 5.74) is 0.736. The molecule has 7 nitrogen and oxygen atoms in total. The fourth-order valence-electron chi connectivity index (χ4n) is 3.40. The SMILES string of the molecule is C=C(C)CC(NC(=O)OCc1ccccc1)(C(=O)O)c1ccc(-c2cnn(C(F)F)c2)cc1. The van der Waals surface area contributed by atoms with Gasteiger partial charge in [0.15, 0.2) is 5.54 Å². The molecule has 0 spiro atoms. The van der Waals surface area contributed by atoms with Crippen LogP contribution >= 0.6 is 0 Å². The number of carboxylic acid groups (broad SMARTS) is 1. The predicted octanol–water partition coefficient (Wildman–Crippen LogP) is 5.12. The van der Waals surface area contributed by atoms with Crippen molar-refractivity contribution in [1.29, 1.82) is 0 Å². The van der Waals surface area contributed by atoms with Crippen LogP contribution in [0.4, 0.5) is 13.6 Å². The third kappa shape index (κ3) is 5.62. The first-order chi connectivity index (χ1) is 15.7. The summed E-state index contributed by atoms with van der Waals surface area (Å²) in [6.45, 7) is 2.66. The number of aliphatic carboxylic acids is 1. The number of ether oxygens (including phenoxy) is 1. The largest absolute Gasteiger partial charge is 0.479 e. The summed E-state index contributed by atoms with van der Waals surface area (Å²) in [5, 5.41) is 16.2. The Morgan fingerprint density at radius 1 is 1.15 bits per heavy atom. The van der Waals surface area contributed by atoms with E-state index >= 15 is 0 Å². The van der Waals surface area contributed by atoms with E-state index in [4.69, 9.17) is 4.74 Å². The number of alkyl carbamates (subject to hydrolysis) is 1. The van der Waals surface area contributed by atoms with Gasteiger partial charge in [-0.3, -0.25) is 0 Å². The van der Waals surface area contributed by atoms with Gasteiger partial charge in [0, 0.05) is 18.2 Å². The normalized spacial score (nSPS) is 12.7. The predicted molar refractivity (Wildman–Crippen MR) is 117 cm³/mol. The minimum atomic E-state index is -2.76. The maximum atomic E-state index is 12.8. The average molecular weight is 455 g/mol. The van der Waals surface area contributed by atoms with E-state index < -0.39 is 24.2 Å². The molecule has 2 aromatic carbocycles. The van der Waals surface area contributed by atoms with E-state index in [0.29, 0.717) is 21.4 Å². The molecule has 0 aliphatic carbocycles. The number of amides is 1. The summed E-state index contributed by atoms with van der Waals surface area (Å²) in [6.07, 6.45) is 1.51. The zero-order valence-corrected chi connectivity index (χ0v) is 17.9. The van der Waals surface area contributed by atoms with Crippen molar-refractivity contribution in [3.63, 3.8) is 0 Å². The number of rotatable bonds is 9. The summed E-state index contributed by atoms with van der Waals surface area (Å²) in [4.78, 5) is 24.9. The highest BCUT2D eigenvalue weighted by molar-refractivity contribution is 5.86. The van der Waals surface area contributed by atoms with Gasteiger partial charge < -0.3 is 15.2 Å². The zero-order chi connectivity index (χ0) is 24.0. The number of nitrogens with zero attached hydrogens (tertiary/aromatic N) is 2. The smallest absolute Gasteiger partial charge is 0.408 e. The number of halogens is 2. The molecule has 1 amide bonds. The van der Waals surface area contributed by atoms with E-state index in [9.17, 15) is 23.5 Å². The average Bonchev–Trinajstić information content (AvgIpc) is 3.28. The number of nitrogens with one attached hydrogen (secondary N) is 1. The maximum absolute atomic E-state index is 12.8. The van der Waals surface area contributed by atoms with Gasteiger partial charge in [0.1, 0.15) is 6.61 Å². The van der Waals surface area contributed by atoms with Crippen molar-refractivity contribution >= 4 is 12.1 Å². The number of carboxylic acids is 1. The van der Waals surface area contributed by atoms with E-state index in [1.807, 2.05) is 6.07 Å². The van der Waals surface area contributed by atoms with Crippen molar-refractivity contribution in [2.24, 2.45) is 0 Å². The van der Waals surface area contributed by atoms with Crippen LogP contribution in [0.15, 0.2) is 79.1 Å². The fourth-order valence-corrected chi connectivity index (χ4v) is 3.40. The van der Waals surface area contributed by atoms with E-state index in [1.165, 1.54) is 24.5 Å². The molecule has 1 aromatic heterocycles. The molecule has 3 rings (SSSR count). The minimum Gasteiger partial charge on any atom is -0.479 e. The van der Waals surface area contributed by atoms with Gasteiger partial charge >= 0.3 is 18.6 Å². The fraction of sp³-hybridized carbons (Fsp3) is 0.208. The monoisotopic (exact) mass is 455 g/mol. The molecule has 0 saturated carbocycles. The topological polar surface area (TPSA) is 93.4 Å². The van der Waals surface area contributed by atoms with Gasteiger partial charge in [-0.15, -0.1) is 6.58 Å². The Kier molecular flexibility index (Phi) is 7.22. The number of benzene rings is 2. The molecule has 1 heterocycles. The number of aromatic nitrogens is 2. The summed E-state index contributed by atoms with van der Waals surface area (Å²) in [5.74, 6) is -1.29. The summed E-state index contributed by atoms with van der Waals surface area (Å²) in [6, 6.07) is 15.2. The third-order valence-electron chi connectivity index (χ3n) is 4.97. The van der Waals surface area contributed by atoms with Gasteiger partial charge in [-0.2, -0.15) is 13.9 Å². The van der Waals surface area contributed by atoms with Crippen molar-refractivity contribution in [2.75, 3.05) is 0 Å². The molecule has 0 radical (unpaired) electrons. The van der Waals surface area contributed by atoms with Crippen LogP contribution in [0.25, 0.3) is 11.1 Å². The number of carbonyl (C=O) groups excluding carboxylic acids is 1. The van der Waals surface area contributed by atoms with Gasteiger partial charge in [-0.05, 0) is 23.6 Å². The van der Waals surface area contributed by atoms with E-state index in [-0.39, 0.29) is 18.6 Å². The second-order valence-corrected chi connectivity index (χ2v) is 7.60. The molecular formula is C24H23F2N3O4. The van der Waals surface area contributed by atoms with Crippen LogP contribution in [0.2, 0.25) is 0 Å². The number of hydrogen-bond donors (Lipinski definition) is 2. The molecule has 33 heavy (non-hydrogen) atoms. The molecule has 0 fully saturated rings. The lowest BCUT2D eigenvalue weighted by atomic mass is 9.83. The quantitative estimate of drug-likeness (QED) is 0.437. The maximum Gasteiger partial charge on any atom is 0.408 e. The lowest BCUT2D eigenvalue weighted by molar-refractivity contribution is -0.145. The molecule has 0 bridgehead atoms. The first kappa shape index (κ1) is 23.6. The van der Waals surface area contributed by atoms with Crippen molar-refractivity contribution in [1.82, 2.24) is 15.1 Å². The lowest BCUT2D eigenvalue weighted by Crippen LogP contribution is -2.52. The van der Waals surface area contributed by atoms with E-state index in [1.54, 1.807) is 43.3 Å². The van der Waals surface area contributed by atoms with Crippen LogP contribution in [0.1, 0.15) is 31.0 Å². The van der Waals surface area contributed by atoms with Crippen molar-refractivity contribution in [3.8, 4) is 11.1 Å². The molecule has 1 unspecified atom stereocenters. The number of hydrogen-bond acceptors (Lipinski definition) is 4. The molecule has 9 heteroatoms. The van der Waals surface area contributed by atoms with Crippen molar-refractivity contribution in [2.45, 2.75) is 32.0 Å². The molecule has 0 saturated heterocycles. The van der Waals surface area contributed by atoms with Crippen LogP contribution in [-0.4, -0.2) is 26.9 Å². The molecule has 1 atom stereocenters. The van der Waals surface area contributed by atoms with Gasteiger partial charge in [0.05, 0.1) is 6.20 Å². The molecule has 0 aliphatic rings. The Balaban J connectivity index is 1.86. The molecule has 0 aliphatic heterocycles. The van der Waals surface area contributed by atoms with Crippen LogP contribution < -0.4 is 5.32 Å². The van der Waals surface area contributed by atoms with Crippen molar-refractivity contribution in [3.05, 3.63) is 90.3 Å². The zero-order valence-electron chi connectivity index (χ0n) is 17.9. The van der Waals surface area contributed by atoms with Crippen LogP contribution in [0, 0.1) is 0 Å². The number of carbonyl (C=O) groups is 2. The van der Waals surface area contributed by atoms with Crippen LogP contribution in [0.5, 0.6) is 0 Å². The first-order valence-corrected chi connectivity index (χ1v) is 10.0. The van der Waals surface area contributed by atoms with E-state index in [2.05, 4.69) is 17.0 Å². The second kappa shape index (κ2) is 10.1. The highest BCUT2D eigenvalue weighted by Gasteiger charge is 2.42. The first-order valence-electron chi connectivity index (χ1n) is 10.0. The van der Waals surface area contributed by atoms with Crippen LogP contribution in [0.3, 0.4) is 0 Å². The Labute approximate surface area is 189 Å². The third-order valence-corrected chi connectivity index (χ3v) is 4.97. The van der Waals surface area contributed by atoms with Crippen LogP contribution in [-0.2, 0) is 21.7 Å². The van der Waals surface area contributed by atoms with Gasteiger partial charge in [0.25, 0.3) is 0 Å². The second-order valence-electron chi connectivity index (χ2n) is 7.60. The van der Waals surface area contributed by atoms with Crippen molar-refractivity contribution < 1.29 is 28.2 Å². The Bertz CT molecular complexity index is 1130. The summed E-state index contributed by atoms with van der Waals surface area (Å²) < 4.78 is 31.3. The standard InChI is InChI=1S/C24H23F2N3O4/c1-16(2)12-24(21(30)31,28-23(32)33-15-17-6-4-3-5-7-17)20-10-8-18(9-11-20)19-13-27-29(14-19)22(25)26/h3-11,13-14,22H,1,12,15H2,2H3,(H,28,32)(H,30,31). The van der Waals surface area contributed by atoms with E-state index in [0.717, 1.165) is 5.56 Å². The summed E-state index contributed by atoms with van der Waals surface area (Å²) >= 11 is 0. The molecule has 3 aromatic rings. The highest BCUT2D eigenvalue weighted by atomic mass is 19.3. The Morgan fingerprint density at radius 2 is 1.82 bits per heavy atom. The molecule has 172 valence electrons. The summed E-state index contributed by atoms with van der Waals surface area (Å²) in [7, 11) is 0. The minimum absolute atomic E-state index is 0.0253. The Hall–Kier alpha value is -4.01. The lowest BCUT2D eigenvalue weighted by Gasteiger charge is -2.31. The molecule has 2 N–H and O–H groups in total. The van der Waals surface area contributed by atoms with Gasteiger partial charge in [-0.1, -0.05) is 60.2 Å².